The summed E-state index contributed by atoms with van der Waals surface area (Å²) in [4.78, 5) is 0. The number of rotatable bonds is 4. The summed E-state index contributed by atoms with van der Waals surface area (Å²) in [7, 11) is 0. The van der Waals surface area contributed by atoms with Crippen molar-refractivity contribution in [3.8, 4) is 11.5 Å². The molecule has 0 aliphatic heterocycles. The Kier molecular flexibility index (Phi) is 4.86. The highest BCUT2D eigenvalue weighted by Gasteiger charge is 2.18. The van der Waals surface area contributed by atoms with Gasteiger partial charge >= 0.3 is 0 Å². The molecule has 0 saturated carbocycles. The molecule has 0 radical (unpaired) electrons. The standard InChI is InChI=1S/C17H19ClFNO/c1-4-15(20)13-7-8-14(18)17(16(13)19)21-12-6-5-10(2)11(3)9-12/h5-9,15H,4,20H2,1-3H3/t15-/m1/s1. The molecule has 0 saturated heterocycles. The first-order valence-electron chi connectivity index (χ1n) is 6.92. The van der Waals surface area contributed by atoms with Crippen molar-refractivity contribution < 1.29 is 9.13 Å². The van der Waals surface area contributed by atoms with Crippen LogP contribution in [0, 0.1) is 19.7 Å². The molecule has 112 valence electrons. The minimum absolute atomic E-state index is 0.0290. The molecule has 2 N–H and O–H groups in total. The fourth-order valence-electron chi connectivity index (χ4n) is 2.04. The summed E-state index contributed by atoms with van der Waals surface area (Å²) >= 11 is 6.06. The van der Waals surface area contributed by atoms with E-state index in [0.29, 0.717) is 17.7 Å². The molecule has 0 amide bonds. The van der Waals surface area contributed by atoms with E-state index in [1.165, 1.54) is 0 Å². The first kappa shape index (κ1) is 15.8. The van der Waals surface area contributed by atoms with E-state index < -0.39 is 5.82 Å². The molecule has 0 aromatic heterocycles. The van der Waals surface area contributed by atoms with Gasteiger partial charge in [-0.1, -0.05) is 30.7 Å². The quantitative estimate of drug-likeness (QED) is 0.832. The maximum Gasteiger partial charge on any atom is 0.181 e. The van der Waals surface area contributed by atoms with Crippen LogP contribution >= 0.6 is 11.6 Å². The van der Waals surface area contributed by atoms with E-state index in [2.05, 4.69) is 0 Å². The summed E-state index contributed by atoms with van der Waals surface area (Å²) in [5, 5.41) is 0.234. The van der Waals surface area contributed by atoms with Crippen molar-refractivity contribution in [3.05, 3.63) is 57.9 Å². The van der Waals surface area contributed by atoms with Crippen molar-refractivity contribution in [1.82, 2.24) is 0 Å². The van der Waals surface area contributed by atoms with Crippen LogP contribution < -0.4 is 10.5 Å². The third-order valence-corrected chi connectivity index (χ3v) is 3.91. The van der Waals surface area contributed by atoms with Crippen molar-refractivity contribution in [2.24, 2.45) is 5.73 Å². The normalized spacial score (nSPS) is 12.3. The van der Waals surface area contributed by atoms with Gasteiger partial charge in [0.25, 0.3) is 0 Å². The molecule has 21 heavy (non-hydrogen) atoms. The van der Waals surface area contributed by atoms with Crippen LogP contribution in [0.1, 0.15) is 36.1 Å². The Morgan fingerprint density at radius 2 is 1.90 bits per heavy atom. The molecule has 2 aromatic carbocycles. The van der Waals surface area contributed by atoms with Gasteiger partial charge in [-0.25, -0.2) is 4.39 Å². The molecule has 0 aliphatic carbocycles. The van der Waals surface area contributed by atoms with Crippen LogP contribution in [0.25, 0.3) is 0 Å². The van der Waals surface area contributed by atoms with E-state index in [1.54, 1.807) is 18.2 Å². The van der Waals surface area contributed by atoms with E-state index in [9.17, 15) is 4.39 Å². The molecular weight excluding hydrogens is 289 g/mol. The summed E-state index contributed by atoms with van der Waals surface area (Å²) < 4.78 is 20.2. The van der Waals surface area contributed by atoms with Gasteiger partial charge in [-0.05, 0) is 49.6 Å². The lowest BCUT2D eigenvalue weighted by Crippen LogP contribution is -2.11. The summed E-state index contributed by atoms with van der Waals surface area (Å²) in [5.41, 5.74) is 8.55. The molecule has 0 spiro atoms. The topological polar surface area (TPSA) is 35.2 Å². The highest BCUT2D eigenvalue weighted by atomic mass is 35.5. The summed E-state index contributed by atoms with van der Waals surface area (Å²) in [6.07, 6.45) is 0.641. The Hall–Kier alpha value is -1.58. The Labute approximate surface area is 129 Å². The molecule has 2 rings (SSSR count). The predicted molar refractivity (Wildman–Crippen MR) is 84.6 cm³/mol. The lowest BCUT2D eigenvalue weighted by Gasteiger charge is -2.15. The Bertz CT molecular complexity index is 657. The molecule has 0 fully saturated rings. The van der Waals surface area contributed by atoms with Gasteiger partial charge in [0.15, 0.2) is 11.6 Å². The van der Waals surface area contributed by atoms with Crippen LogP contribution in [0.2, 0.25) is 5.02 Å². The van der Waals surface area contributed by atoms with Gasteiger partial charge in [0.05, 0.1) is 5.02 Å². The number of aryl methyl sites for hydroxylation is 2. The minimum Gasteiger partial charge on any atom is -0.453 e. The third-order valence-electron chi connectivity index (χ3n) is 3.62. The van der Waals surface area contributed by atoms with E-state index in [4.69, 9.17) is 22.1 Å². The molecule has 2 aromatic rings. The lowest BCUT2D eigenvalue weighted by atomic mass is 10.0. The molecule has 0 bridgehead atoms. The monoisotopic (exact) mass is 307 g/mol. The van der Waals surface area contributed by atoms with E-state index in [0.717, 1.165) is 11.1 Å². The van der Waals surface area contributed by atoms with Gasteiger partial charge < -0.3 is 10.5 Å². The molecular formula is C17H19ClFNO. The fraction of sp³-hybridized carbons (Fsp3) is 0.294. The Morgan fingerprint density at radius 1 is 1.19 bits per heavy atom. The molecule has 0 heterocycles. The number of benzene rings is 2. The molecule has 1 atom stereocenters. The van der Waals surface area contributed by atoms with Gasteiger partial charge in [0.2, 0.25) is 0 Å². The van der Waals surface area contributed by atoms with Crippen molar-refractivity contribution in [2.75, 3.05) is 0 Å². The SMILES string of the molecule is CC[C@@H](N)c1ccc(Cl)c(Oc2ccc(C)c(C)c2)c1F. The smallest absolute Gasteiger partial charge is 0.181 e. The van der Waals surface area contributed by atoms with Crippen molar-refractivity contribution in [1.29, 1.82) is 0 Å². The van der Waals surface area contributed by atoms with Gasteiger partial charge in [-0.3, -0.25) is 0 Å². The second-order valence-electron chi connectivity index (χ2n) is 5.14. The first-order chi connectivity index (χ1) is 9.93. The summed E-state index contributed by atoms with van der Waals surface area (Å²) in [5.74, 6) is 0.0949. The van der Waals surface area contributed by atoms with Crippen molar-refractivity contribution in [2.45, 2.75) is 33.2 Å². The average molecular weight is 308 g/mol. The molecule has 2 nitrogen and oxygen atoms in total. The molecule has 4 heteroatoms. The average Bonchev–Trinajstić information content (AvgIpc) is 2.46. The second-order valence-corrected chi connectivity index (χ2v) is 5.55. The van der Waals surface area contributed by atoms with E-state index in [1.807, 2.05) is 32.9 Å². The first-order valence-corrected chi connectivity index (χ1v) is 7.30. The van der Waals surface area contributed by atoms with Crippen LogP contribution in [0.3, 0.4) is 0 Å². The minimum atomic E-state index is -0.491. The Morgan fingerprint density at radius 3 is 2.52 bits per heavy atom. The lowest BCUT2D eigenvalue weighted by molar-refractivity contribution is 0.434. The van der Waals surface area contributed by atoms with Crippen LogP contribution in [-0.2, 0) is 0 Å². The largest absolute Gasteiger partial charge is 0.453 e. The highest BCUT2D eigenvalue weighted by Crippen LogP contribution is 2.36. The number of hydrogen-bond donors (Lipinski definition) is 1. The van der Waals surface area contributed by atoms with Crippen LogP contribution in [0.15, 0.2) is 30.3 Å². The summed E-state index contributed by atoms with van der Waals surface area (Å²) in [6, 6.07) is 8.44. The zero-order valence-electron chi connectivity index (χ0n) is 12.4. The number of halogens is 2. The van der Waals surface area contributed by atoms with Crippen LogP contribution in [-0.4, -0.2) is 0 Å². The van der Waals surface area contributed by atoms with Gasteiger partial charge in [0, 0.05) is 11.6 Å². The van der Waals surface area contributed by atoms with Gasteiger partial charge in [0.1, 0.15) is 5.75 Å². The van der Waals surface area contributed by atoms with Gasteiger partial charge in [-0.15, -0.1) is 0 Å². The van der Waals surface area contributed by atoms with Gasteiger partial charge in [-0.2, -0.15) is 0 Å². The zero-order valence-corrected chi connectivity index (χ0v) is 13.2. The van der Waals surface area contributed by atoms with E-state index in [-0.39, 0.29) is 16.8 Å². The predicted octanol–water partition coefficient (Wildman–Crippen LogP) is 5.30. The van der Waals surface area contributed by atoms with Crippen molar-refractivity contribution >= 4 is 11.6 Å². The number of hydrogen-bond acceptors (Lipinski definition) is 2. The summed E-state index contributed by atoms with van der Waals surface area (Å²) in [6.45, 7) is 5.89. The fourth-order valence-corrected chi connectivity index (χ4v) is 2.23. The third kappa shape index (κ3) is 3.36. The highest BCUT2D eigenvalue weighted by molar-refractivity contribution is 6.32. The van der Waals surface area contributed by atoms with Crippen molar-refractivity contribution in [3.63, 3.8) is 0 Å². The second kappa shape index (κ2) is 6.46. The van der Waals surface area contributed by atoms with E-state index >= 15 is 0 Å². The maximum absolute atomic E-state index is 14.5. The molecule has 0 unspecified atom stereocenters. The Balaban J connectivity index is 2.41. The molecule has 0 aliphatic rings. The van der Waals surface area contributed by atoms with Crippen LogP contribution in [0.5, 0.6) is 11.5 Å². The zero-order chi connectivity index (χ0) is 15.6. The van der Waals surface area contributed by atoms with Crippen LogP contribution in [0.4, 0.5) is 4.39 Å². The number of ether oxygens (including phenoxy) is 1. The number of nitrogens with two attached hydrogens (primary N) is 1. The maximum atomic E-state index is 14.5.